The molecule has 0 bridgehead atoms. The van der Waals surface area contributed by atoms with Gasteiger partial charge in [-0.15, -0.1) is 0 Å². The lowest BCUT2D eigenvalue weighted by Gasteiger charge is -2.15. The lowest BCUT2D eigenvalue weighted by molar-refractivity contribution is -0.114. The number of rotatable bonds is 4. The second kappa shape index (κ2) is 5.69. The van der Waals surface area contributed by atoms with Crippen LogP contribution in [0.4, 0.5) is 11.4 Å². The van der Waals surface area contributed by atoms with Crippen LogP contribution in [0.2, 0.25) is 0 Å². The summed E-state index contributed by atoms with van der Waals surface area (Å²) in [5, 5.41) is 10.3. The van der Waals surface area contributed by atoms with Gasteiger partial charge in [-0.25, -0.2) is 0 Å². The van der Waals surface area contributed by atoms with Crippen LogP contribution < -0.4 is 10.6 Å². The summed E-state index contributed by atoms with van der Waals surface area (Å²) in [5.41, 5.74) is 3.10. The summed E-state index contributed by atoms with van der Waals surface area (Å²) in [6.45, 7) is 3.62. The number of thiophene rings is 1. The Balaban J connectivity index is 2.10. The Bertz CT molecular complexity index is 522. The quantitative estimate of drug-likeness (QED) is 0.876. The number of hydrogen-bond acceptors (Lipinski definition) is 3. The topological polar surface area (TPSA) is 41.1 Å². The number of amides is 1. The Morgan fingerprint density at radius 2 is 2.11 bits per heavy atom. The molecule has 1 atom stereocenters. The van der Waals surface area contributed by atoms with Crippen LogP contribution in [0.5, 0.6) is 0 Å². The zero-order valence-corrected chi connectivity index (χ0v) is 11.3. The summed E-state index contributed by atoms with van der Waals surface area (Å²) < 4.78 is 0. The first-order valence-corrected chi connectivity index (χ1v) is 6.76. The molecular formula is C14H16N2OS. The molecule has 0 spiro atoms. The molecule has 1 amide bonds. The van der Waals surface area contributed by atoms with E-state index in [-0.39, 0.29) is 11.9 Å². The van der Waals surface area contributed by atoms with Gasteiger partial charge in [-0.2, -0.15) is 11.3 Å². The minimum absolute atomic E-state index is 0.0504. The molecule has 2 rings (SSSR count). The Kier molecular flexibility index (Phi) is 3.99. The molecule has 0 saturated heterocycles. The normalized spacial score (nSPS) is 11.9. The van der Waals surface area contributed by atoms with Crippen molar-refractivity contribution < 1.29 is 4.79 Å². The molecule has 0 aliphatic carbocycles. The van der Waals surface area contributed by atoms with Gasteiger partial charge in [0.2, 0.25) is 5.91 Å². The van der Waals surface area contributed by atoms with Crippen molar-refractivity contribution in [3.05, 3.63) is 46.7 Å². The summed E-state index contributed by atoms with van der Waals surface area (Å²) in [7, 11) is 0. The molecule has 0 aliphatic rings. The smallest absolute Gasteiger partial charge is 0.221 e. The van der Waals surface area contributed by atoms with Crippen LogP contribution in [0.1, 0.15) is 25.5 Å². The molecule has 2 aromatic rings. The van der Waals surface area contributed by atoms with E-state index in [4.69, 9.17) is 0 Å². The second-order valence-corrected chi connectivity index (χ2v) is 4.96. The number of carbonyl (C=O) groups is 1. The van der Waals surface area contributed by atoms with E-state index in [9.17, 15) is 4.79 Å². The highest BCUT2D eigenvalue weighted by atomic mass is 32.1. The average molecular weight is 260 g/mol. The first kappa shape index (κ1) is 12.6. The van der Waals surface area contributed by atoms with Crippen molar-refractivity contribution in [2.75, 3.05) is 10.6 Å². The Labute approximate surface area is 111 Å². The standard InChI is InChI=1S/C14H16N2OS/c1-10(15-14-6-7-18-9-14)12-4-3-5-13(8-12)16-11(2)17/h3-10,15H,1-2H3,(H,16,17). The van der Waals surface area contributed by atoms with Crippen LogP contribution >= 0.6 is 11.3 Å². The highest BCUT2D eigenvalue weighted by Gasteiger charge is 2.06. The number of anilines is 2. The van der Waals surface area contributed by atoms with Crippen LogP contribution in [-0.2, 0) is 4.79 Å². The van der Waals surface area contributed by atoms with Crippen molar-refractivity contribution >= 4 is 28.6 Å². The average Bonchev–Trinajstić information content (AvgIpc) is 2.81. The molecule has 0 radical (unpaired) electrons. The molecule has 1 heterocycles. The lowest BCUT2D eigenvalue weighted by atomic mass is 10.1. The molecule has 1 aromatic carbocycles. The van der Waals surface area contributed by atoms with Crippen molar-refractivity contribution in [3.8, 4) is 0 Å². The molecule has 3 nitrogen and oxygen atoms in total. The largest absolute Gasteiger partial charge is 0.378 e. The zero-order valence-electron chi connectivity index (χ0n) is 10.4. The van der Waals surface area contributed by atoms with Crippen molar-refractivity contribution in [2.45, 2.75) is 19.9 Å². The van der Waals surface area contributed by atoms with Gasteiger partial charge in [0.25, 0.3) is 0 Å². The van der Waals surface area contributed by atoms with Gasteiger partial charge in [-0.3, -0.25) is 4.79 Å². The van der Waals surface area contributed by atoms with Crippen molar-refractivity contribution in [1.82, 2.24) is 0 Å². The van der Waals surface area contributed by atoms with Crippen molar-refractivity contribution in [1.29, 1.82) is 0 Å². The molecule has 18 heavy (non-hydrogen) atoms. The Hall–Kier alpha value is -1.81. The third-order valence-corrected chi connectivity index (χ3v) is 3.29. The molecule has 0 aliphatic heterocycles. The predicted molar refractivity (Wildman–Crippen MR) is 77.1 cm³/mol. The van der Waals surface area contributed by atoms with E-state index in [1.54, 1.807) is 11.3 Å². The zero-order chi connectivity index (χ0) is 13.0. The molecule has 1 aromatic heterocycles. The maximum atomic E-state index is 11.0. The van der Waals surface area contributed by atoms with Gasteiger partial charge in [0, 0.05) is 29.7 Å². The van der Waals surface area contributed by atoms with Crippen LogP contribution in [0.25, 0.3) is 0 Å². The summed E-state index contributed by atoms with van der Waals surface area (Å²) in [4.78, 5) is 11.0. The number of hydrogen-bond donors (Lipinski definition) is 2. The van der Waals surface area contributed by atoms with Gasteiger partial charge in [0.15, 0.2) is 0 Å². The van der Waals surface area contributed by atoms with Gasteiger partial charge in [0.1, 0.15) is 0 Å². The summed E-state index contributed by atoms with van der Waals surface area (Å²) in [6.07, 6.45) is 0. The molecule has 4 heteroatoms. The van der Waals surface area contributed by atoms with Gasteiger partial charge >= 0.3 is 0 Å². The van der Waals surface area contributed by atoms with E-state index in [1.165, 1.54) is 6.92 Å². The van der Waals surface area contributed by atoms with Crippen molar-refractivity contribution in [3.63, 3.8) is 0 Å². The molecule has 2 N–H and O–H groups in total. The van der Waals surface area contributed by atoms with E-state index in [2.05, 4.69) is 35.1 Å². The number of carbonyl (C=O) groups excluding carboxylic acids is 1. The number of benzene rings is 1. The fourth-order valence-corrected chi connectivity index (χ4v) is 2.37. The van der Waals surface area contributed by atoms with E-state index < -0.39 is 0 Å². The van der Waals surface area contributed by atoms with E-state index in [1.807, 2.05) is 23.6 Å². The monoisotopic (exact) mass is 260 g/mol. The van der Waals surface area contributed by atoms with E-state index >= 15 is 0 Å². The maximum absolute atomic E-state index is 11.0. The van der Waals surface area contributed by atoms with Gasteiger partial charge in [0.05, 0.1) is 0 Å². The fraction of sp³-hybridized carbons (Fsp3) is 0.214. The molecule has 0 saturated carbocycles. The second-order valence-electron chi connectivity index (χ2n) is 4.18. The van der Waals surface area contributed by atoms with E-state index in [0.29, 0.717) is 0 Å². The maximum Gasteiger partial charge on any atom is 0.221 e. The fourth-order valence-electron chi connectivity index (χ4n) is 1.77. The molecular weight excluding hydrogens is 244 g/mol. The van der Waals surface area contributed by atoms with E-state index in [0.717, 1.165) is 16.9 Å². The third-order valence-electron chi connectivity index (χ3n) is 2.61. The minimum Gasteiger partial charge on any atom is -0.378 e. The van der Waals surface area contributed by atoms with Gasteiger partial charge < -0.3 is 10.6 Å². The van der Waals surface area contributed by atoms with Crippen LogP contribution in [0, 0.1) is 0 Å². The first-order chi connectivity index (χ1) is 8.65. The Morgan fingerprint density at radius 3 is 2.78 bits per heavy atom. The molecule has 1 unspecified atom stereocenters. The lowest BCUT2D eigenvalue weighted by Crippen LogP contribution is -2.09. The SMILES string of the molecule is CC(=O)Nc1cccc(C(C)Nc2ccsc2)c1. The summed E-state index contributed by atoms with van der Waals surface area (Å²) in [6, 6.07) is 10.1. The van der Waals surface area contributed by atoms with Gasteiger partial charge in [-0.05, 0) is 36.1 Å². The minimum atomic E-state index is -0.0504. The van der Waals surface area contributed by atoms with Crippen LogP contribution in [0.15, 0.2) is 41.1 Å². The van der Waals surface area contributed by atoms with Crippen LogP contribution in [0.3, 0.4) is 0 Å². The molecule has 94 valence electrons. The highest BCUT2D eigenvalue weighted by molar-refractivity contribution is 7.08. The Morgan fingerprint density at radius 1 is 1.28 bits per heavy atom. The number of nitrogens with one attached hydrogen (secondary N) is 2. The third kappa shape index (κ3) is 3.34. The van der Waals surface area contributed by atoms with Gasteiger partial charge in [-0.1, -0.05) is 12.1 Å². The highest BCUT2D eigenvalue weighted by Crippen LogP contribution is 2.23. The first-order valence-electron chi connectivity index (χ1n) is 5.81. The molecule has 0 fully saturated rings. The predicted octanol–water partition coefficient (Wildman–Crippen LogP) is 3.88. The van der Waals surface area contributed by atoms with Crippen LogP contribution in [-0.4, -0.2) is 5.91 Å². The summed E-state index contributed by atoms with van der Waals surface area (Å²) in [5.74, 6) is -0.0504. The van der Waals surface area contributed by atoms with Crippen molar-refractivity contribution in [2.24, 2.45) is 0 Å². The summed E-state index contributed by atoms with van der Waals surface area (Å²) >= 11 is 1.67.